The SMILES string of the molecule is COC1CCN(C2CCNCC2)C(c2cc(C(=O)NS(=O)(=O)N3CCOCC3)nc3c2c(C2CCC2)nn3-c2ccc(F)cc2)C1. The molecule has 3 aliphatic heterocycles. The fraction of sp³-hybridized carbons (Fsp3) is 0.594. The number of nitrogens with one attached hydrogen (secondary N) is 2. The van der Waals surface area contributed by atoms with Gasteiger partial charge in [-0.15, -0.1) is 0 Å². The van der Waals surface area contributed by atoms with Crippen LogP contribution in [0, 0.1) is 5.82 Å². The van der Waals surface area contributed by atoms with Crippen LogP contribution >= 0.6 is 0 Å². The van der Waals surface area contributed by atoms with Gasteiger partial charge in [-0.2, -0.15) is 17.8 Å². The minimum atomic E-state index is -4.12. The molecule has 1 amide bonds. The van der Waals surface area contributed by atoms with Crippen molar-refractivity contribution in [2.45, 2.75) is 69.1 Å². The number of likely N-dealkylation sites (tertiary alicyclic amines) is 1. The molecule has 14 heteroatoms. The molecule has 4 aliphatic rings. The Bertz CT molecular complexity index is 1670. The first-order valence-electron chi connectivity index (χ1n) is 16.4. The van der Waals surface area contributed by atoms with Crippen molar-refractivity contribution >= 4 is 27.1 Å². The number of ether oxygens (including phenoxy) is 2. The summed E-state index contributed by atoms with van der Waals surface area (Å²) in [5.74, 6) is -0.939. The van der Waals surface area contributed by atoms with Crippen molar-refractivity contribution in [1.82, 2.24) is 34.0 Å². The Labute approximate surface area is 268 Å². The first kappa shape index (κ1) is 31.6. The van der Waals surface area contributed by atoms with Crippen molar-refractivity contribution in [2.24, 2.45) is 0 Å². The molecule has 2 aromatic heterocycles. The van der Waals surface area contributed by atoms with Crippen molar-refractivity contribution in [3.05, 3.63) is 53.1 Å². The van der Waals surface area contributed by atoms with E-state index in [4.69, 9.17) is 19.6 Å². The van der Waals surface area contributed by atoms with E-state index in [0.29, 0.717) is 17.4 Å². The maximum atomic E-state index is 14.0. The summed E-state index contributed by atoms with van der Waals surface area (Å²) in [5.41, 5.74) is 2.90. The molecule has 3 aromatic rings. The van der Waals surface area contributed by atoms with Crippen LogP contribution in [0.1, 0.15) is 78.7 Å². The molecule has 46 heavy (non-hydrogen) atoms. The van der Waals surface area contributed by atoms with Gasteiger partial charge in [0.15, 0.2) is 5.65 Å². The Hall–Kier alpha value is -3.01. The van der Waals surface area contributed by atoms with E-state index in [2.05, 4.69) is 14.9 Å². The second-order valence-corrected chi connectivity index (χ2v) is 14.4. The molecule has 1 aliphatic carbocycles. The van der Waals surface area contributed by atoms with Crippen LogP contribution in [0.5, 0.6) is 0 Å². The summed E-state index contributed by atoms with van der Waals surface area (Å²) < 4.78 is 56.9. The highest BCUT2D eigenvalue weighted by molar-refractivity contribution is 7.87. The summed E-state index contributed by atoms with van der Waals surface area (Å²) in [6.07, 6.45) is 6.78. The number of hydrogen-bond acceptors (Lipinski definition) is 9. The average molecular weight is 656 g/mol. The zero-order valence-electron chi connectivity index (χ0n) is 26.2. The van der Waals surface area contributed by atoms with Crippen molar-refractivity contribution in [3.8, 4) is 5.69 Å². The Morgan fingerprint density at radius 1 is 1.07 bits per heavy atom. The number of methoxy groups -OCH3 is 1. The summed E-state index contributed by atoms with van der Waals surface area (Å²) in [6, 6.07) is 8.08. The monoisotopic (exact) mass is 655 g/mol. The van der Waals surface area contributed by atoms with E-state index in [-0.39, 0.29) is 55.9 Å². The Morgan fingerprint density at radius 2 is 1.80 bits per heavy atom. The molecule has 12 nitrogen and oxygen atoms in total. The highest BCUT2D eigenvalue weighted by Crippen LogP contribution is 2.45. The number of amides is 1. The summed E-state index contributed by atoms with van der Waals surface area (Å²) in [7, 11) is -2.38. The maximum absolute atomic E-state index is 14.0. The molecular weight excluding hydrogens is 613 g/mol. The van der Waals surface area contributed by atoms with E-state index in [1.165, 1.54) is 16.4 Å². The van der Waals surface area contributed by atoms with Crippen LogP contribution in [-0.4, -0.2) is 103 Å². The fourth-order valence-electron chi connectivity index (χ4n) is 7.35. The number of nitrogens with zero attached hydrogens (tertiary/aromatic N) is 5. The van der Waals surface area contributed by atoms with E-state index in [1.807, 2.05) is 0 Å². The van der Waals surface area contributed by atoms with Gasteiger partial charge in [0.2, 0.25) is 0 Å². The highest BCUT2D eigenvalue weighted by Gasteiger charge is 2.39. The van der Waals surface area contributed by atoms with Crippen molar-refractivity contribution < 1.29 is 27.1 Å². The first-order chi connectivity index (χ1) is 22.3. The Balaban J connectivity index is 1.39. The van der Waals surface area contributed by atoms with Gasteiger partial charge in [-0.3, -0.25) is 9.69 Å². The number of fused-ring (bicyclic) bond motifs is 1. The number of carbonyl (C=O) groups is 1. The first-order valence-corrected chi connectivity index (χ1v) is 17.8. The number of morpholine rings is 1. The van der Waals surface area contributed by atoms with Gasteiger partial charge in [-0.25, -0.2) is 18.8 Å². The van der Waals surface area contributed by atoms with Gasteiger partial charge in [-0.05, 0) is 87.5 Å². The maximum Gasteiger partial charge on any atom is 0.304 e. The number of carbonyl (C=O) groups excluding carboxylic acids is 1. The standard InChI is InChI=1S/C32H42FN7O5S/c1-44-25-11-14-39(23-9-12-34-13-10-23)28(19-25)26-20-27(32(41)37-46(42,43)38-15-17-45-18-16-38)35-31-29(26)30(21-3-2-4-21)36-40(31)24-7-5-22(33)6-8-24/h5-8,20-21,23,25,28,34H,2-4,9-19H2,1H3,(H,37,41). The minimum Gasteiger partial charge on any atom is -0.381 e. The van der Waals surface area contributed by atoms with Gasteiger partial charge < -0.3 is 14.8 Å². The van der Waals surface area contributed by atoms with Gasteiger partial charge in [-0.1, -0.05) is 6.42 Å². The van der Waals surface area contributed by atoms with Crippen LogP contribution in [0.4, 0.5) is 4.39 Å². The third-order valence-corrected chi connectivity index (χ3v) is 11.6. The Morgan fingerprint density at radius 3 is 2.48 bits per heavy atom. The summed E-state index contributed by atoms with van der Waals surface area (Å²) >= 11 is 0. The van der Waals surface area contributed by atoms with Gasteiger partial charge >= 0.3 is 10.2 Å². The molecule has 7 rings (SSSR count). The lowest BCUT2D eigenvalue weighted by Gasteiger charge is -2.45. The molecule has 4 fully saturated rings. The van der Waals surface area contributed by atoms with Crippen molar-refractivity contribution in [2.75, 3.05) is 53.0 Å². The largest absolute Gasteiger partial charge is 0.381 e. The molecule has 5 heterocycles. The average Bonchev–Trinajstić information content (AvgIpc) is 3.43. The van der Waals surface area contributed by atoms with Crippen LogP contribution in [-0.2, 0) is 19.7 Å². The quantitative estimate of drug-likeness (QED) is 0.376. The van der Waals surface area contributed by atoms with Crippen molar-refractivity contribution in [3.63, 3.8) is 0 Å². The smallest absolute Gasteiger partial charge is 0.304 e. The van der Waals surface area contributed by atoms with E-state index in [0.717, 1.165) is 81.2 Å². The second kappa shape index (κ2) is 13.2. The number of rotatable bonds is 8. The number of halogens is 1. The predicted octanol–water partition coefficient (Wildman–Crippen LogP) is 3.04. The van der Waals surface area contributed by atoms with Crippen molar-refractivity contribution in [1.29, 1.82) is 0 Å². The van der Waals surface area contributed by atoms with Crippen LogP contribution in [0.2, 0.25) is 0 Å². The lowest BCUT2D eigenvalue weighted by atomic mass is 9.80. The van der Waals surface area contributed by atoms with Crippen LogP contribution in [0.25, 0.3) is 16.7 Å². The van der Waals surface area contributed by atoms with E-state index >= 15 is 0 Å². The lowest BCUT2D eigenvalue weighted by Crippen LogP contribution is -2.49. The summed E-state index contributed by atoms with van der Waals surface area (Å²) in [4.78, 5) is 21.2. The highest BCUT2D eigenvalue weighted by atomic mass is 32.2. The molecule has 248 valence electrons. The molecular formula is C32H42FN7O5S. The number of piperidine rings is 2. The topological polar surface area (TPSA) is 131 Å². The molecule has 0 bridgehead atoms. The minimum absolute atomic E-state index is 0.00689. The molecule has 2 unspecified atom stereocenters. The number of hydrogen-bond donors (Lipinski definition) is 2. The number of pyridine rings is 1. The molecule has 0 radical (unpaired) electrons. The molecule has 0 spiro atoms. The fourth-order valence-corrected chi connectivity index (χ4v) is 8.45. The zero-order chi connectivity index (χ0) is 31.8. The zero-order valence-corrected chi connectivity index (χ0v) is 27.0. The molecule has 2 atom stereocenters. The lowest BCUT2D eigenvalue weighted by molar-refractivity contribution is -0.0130. The predicted molar refractivity (Wildman–Crippen MR) is 170 cm³/mol. The van der Waals surface area contributed by atoms with E-state index < -0.39 is 16.1 Å². The normalized spacial score (nSPS) is 24.2. The van der Waals surface area contributed by atoms with E-state index in [9.17, 15) is 17.6 Å². The second-order valence-electron chi connectivity index (χ2n) is 12.8. The van der Waals surface area contributed by atoms with Gasteiger partial charge in [0.25, 0.3) is 5.91 Å². The molecule has 1 aromatic carbocycles. The number of benzene rings is 1. The van der Waals surface area contributed by atoms with Crippen LogP contribution in [0.15, 0.2) is 30.3 Å². The van der Waals surface area contributed by atoms with Crippen LogP contribution in [0.3, 0.4) is 0 Å². The molecule has 3 saturated heterocycles. The molecule has 2 N–H and O–H groups in total. The third kappa shape index (κ3) is 6.18. The summed E-state index contributed by atoms with van der Waals surface area (Å²) in [5, 5.41) is 9.46. The van der Waals surface area contributed by atoms with Gasteiger partial charge in [0.05, 0.1) is 30.7 Å². The Kier molecular flexibility index (Phi) is 9.09. The third-order valence-electron chi connectivity index (χ3n) is 10.1. The van der Waals surface area contributed by atoms with E-state index in [1.54, 1.807) is 30.0 Å². The van der Waals surface area contributed by atoms with Gasteiger partial charge in [0, 0.05) is 50.1 Å². The summed E-state index contributed by atoms with van der Waals surface area (Å²) in [6.45, 7) is 3.57. The van der Waals surface area contributed by atoms with Gasteiger partial charge in [0.1, 0.15) is 11.5 Å². The molecule has 1 saturated carbocycles. The van der Waals surface area contributed by atoms with Crippen LogP contribution < -0.4 is 10.0 Å². The number of aromatic nitrogens is 3.